The molecule has 6 rings (SSSR count). The molecule has 2 aliphatic heterocycles. The number of phenolic OH excluding ortho intramolecular Hbond substituents is 1. The van der Waals surface area contributed by atoms with Gasteiger partial charge in [-0.1, -0.05) is 72.3 Å². The minimum Gasteiger partial charge on any atom is -0.507 e. The van der Waals surface area contributed by atoms with Crippen LogP contribution in [0, 0.1) is 17.8 Å². The van der Waals surface area contributed by atoms with Gasteiger partial charge in [0.25, 0.3) is 0 Å². The summed E-state index contributed by atoms with van der Waals surface area (Å²) in [5, 5.41) is 21.2. The second kappa shape index (κ2) is 10.9. The molecule has 0 radical (unpaired) electrons. The van der Waals surface area contributed by atoms with Crippen LogP contribution in [-0.4, -0.2) is 35.2 Å². The Labute approximate surface area is 234 Å². The van der Waals surface area contributed by atoms with Crippen molar-refractivity contribution in [2.75, 3.05) is 4.90 Å². The van der Waals surface area contributed by atoms with Gasteiger partial charge in [-0.25, -0.2) is 0 Å². The number of carbonyl (C=O) groups is 2. The number of rotatable bonds is 6. The van der Waals surface area contributed by atoms with E-state index in [1.54, 1.807) is 24.3 Å². The molecule has 3 aliphatic rings. The predicted molar refractivity (Wildman–Crippen MR) is 156 cm³/mol. The van der Waals surface area contributed by atoms with Gasteiger partial charge >= 0.3 is 7.12 Å². The largest absolute Gasteiger partial charge is 0.507 e. The lowest BCUT2D eigenvalue weighted by Gasteiger charge is -2.42. The summed E-state index contributed by atoms with van der Waals surface area (Å²) >= 11 is 0. The van der Waals surface area contributed by atoms with Crippen LogP contribution in [0.3, 0.4) is 0 Å². The third-order valence-corrected chi connectivity index (χ3v) is 8.55. The summed E-state index contributed by atoms with van der Waals surface area (Å²) < 4.78 is 6.12. The summed E-state index contributed by atoms with van der Waals surface area (Å²) in [7, 11) is -1.01. The minimum absolute atomic E-state index is 0.158. The van der Waals surface area contributed by atoms with E-state index in [1.165, 1.54) is 4.90 Å². The smallest absolute Gasteiger partial charge is 0.455 e. The molecule has 7 heteroatoms. The Balaban J connectivity index is 1.30. The lowest BCUT2D eigenvalue weighted by Crippen LogP contribution is -2.46. The van der Waals surface area contributed by atoms with Crippen molar-refractivity contribution in [3.63, 3.8) is 0 Å². The van der Waals surface area contributed by atoms with Crippen LogP contribution in [0.1, 0.15) is 37.3 Å². The third kappa shape index (κ3) is 4.80. The van der Waals surface area contributed by atoms with Crippen molar-refractivity contribution in [3.8, 4) is 5.75 Å². The van der Waals surface area contributed by atoms with Crippen LogP contribution >= 0.6 is 0 Å². The van der Waals surface area contributed by atoms with Crippen molar-refractivity contribution in [2.24, 2.45) is 17.8 Å². The fourth-order valence-electron chi connectivity index (χ4n) is 6.79. The number of para-hydroxylation sites is 2. The fourth-order valence-corrected chi connectivity index (χ4v) is 6.79. The van der Waals surface area contributed by atoms with Crippen molar-refractivity contribution in [1.29, 1.82) is 0 Å². The lowest BCUT2D eigenvalue weighted by molar-refractivity contribution is -0.122. The number of carbonyl (C=O) groups excluding carboxylic acids is 2. The zero-order chi connectivity index (χ0) is 27.8. The Morgan fingerprint density at radius 2 is 1.62 bits per heavy atom. The van der Waals surface area contributed by atoms with Gasteiger partial charge in [0, 0.05) is 5.56 Å². The van der Waals surface area contributed by atoms with E-state index in [1.807, 2.05) is 73.7 Å². The Bertz CT molecular complexity index is 1480. The summed E-state index contributed by atoms with van der Waals surface area (Å²) in [4.78, 5) is 28.5. The quantitative estimate of drug-likeness (QED) is 0.183. The second-order valence-corrected chi connectivity index (χ2v) is 11.0. The lowest BCUT2D eigenvalue weighted by atomic mass is 9.58. The number of hydrogen-bond acceptors (Lipinski definition) is 5. The molecule has 2 fully saturated rings. The van der Waals surface area contributed by atoms with E-state index in [0.29, 0.717) is 31.3 Å². The fraction of sp³-hybridized carbons (Fsp3) is 0.273. The van der Waals surface area contributed by atoms with E-state index in [-0.39, 0.29) is 29.6 Å². The van der Waals surface area contributed by atoms with Crippen molar-refractivity contribution in [2.45, 2.75) is 38.6 Å². The number of amides is 2. The van der Waals surface area contributed by atoms with E-state index in [2.05, 4.69) is 0 Å². The van der Waals surface area contributed by atoms with Gasteiger partial charge in [0.1, 0.15) is 5.75 Å². The molecule has 2 amide bonds. The molecule has 3 aromatic rings. The number of phenols is 1. The molecule has 2 N–H and O–H groups in total. The molecule has 0 unspecified atom stereocenters. The molecule has 2 saturated heterocycles. The third-order valence-electron chi connectivity index (χ3n) is 8.55. The van der Waals surface area contributed by atoms with Gasteiger partial charge in [-0.2, -0.15) is 0 Å². The van der Waals surface area contributed by atoms with Crippen LogP contribution < -0.4 is 4.90 Å². The maximum absolute atomic E-state index is 13.7. The molecule has 6 nitrogen and oxygen atoms in total. The van der Waals surface area contributed by atoms with Crippen LogP contribution in [0.2, 0.25) is 6.32 Å². The van der Waals surface area contributed by atoms with Gasteiger partial charge in [-0.05, 0) is 79.4 Å². The standard InChI is InChI=1S/C33H32BNO5/c1-21-18-26-31(33(38)35(32(26)37)25-13-6-3-7-14-25)27-20-34(39)40-29(30(21)27)17-16-23(22-10-4-2-5-11-22)19-24-12-8-9-15-28(24)36/h2-15,19,26-27,29,31,36,39H,16-18,20H2,1H3/b23-19-/t26-,27+,29-,31-/m1/s1. The van der Waals surface area contributed by atoms with Gasteiger partial charge < -0.3 is 14.8 Å². The molecule has 4 atom stereocenters. The summed E-state index contributed by atoms with van der Waals surface area (Å²) in [6.07, 6.45) is 3.66. The van der Waals surface area contributed by atoms with Crippen LogP contribution in [0.5, 0.6) is 5.75 Å². The Kier molecular flexibility index (Phi) is 7.17. The van der Waals surface area contributed by atoms with Crippen LogP contribution in [-0.2, 0) is 14.2 Å². The normalized spacial score (nSPS) is 24.8. The highest BCUT2D eigenvalue weighted by molar-refractivity contribution is 6.43. The molecule has 0 aromatic heterocycles. The topological polar surface area (TPSA) is 87.1 Å². The van der Waals surface area contributed by atoms with Gasteiger partial charge in [-0.15, -0.1) is 0 Å². The highest BCUT2D eigenvalue weighted by Gasteiger charge is 2.57. The van der Waals surface area contributed by atoms with E-state index < -0.39 is 19.0 Å². The second-order valence-electron chi connectivity index (χ2n) is 11.0. The van der Waals surface area contributed by atoms with Gasteiger partial charge in [-0.3, -0.25) is 14.5 Å². The Hall–Kier alpha value is -3.94. The van der Waals surface area contributed by atoms with E-state index in [0.717, 1.165) is 27.8 Å². The number of anilines is 1. The molecule has 40 heavy (non-hydrogen) atoms. The van der Waals surface area contributed by atoms with Crippen molar-refractivity contribution in [3.05, 3.63) is 107 Å². The predicted octanol–water partition coefficient (Wildman–Crippen LogP) is 5.73. The molecule has 1 aliphatic carbocycles. The SMILES string of the molecule is CC1=C2[C@@H](CC/C(=C/c3ccccc3O)c3ccccc3)OB(O)C[C@@H]2[C@@H]2C(=O)N(c3ccccc3)C(=O)[C@@H]2C1. The van der Waals surface area contributed by atoms with Crippen molar-refractivity contribution < 1.29 is 24.4 Å². The number of fused-ring (bicyclic) bond motifs is 3. The monoisotopic (exact) mass is 533 g/mol. The first-order valence-corrected chi connectivity index (χ1v) is 13.9. The van der Waals surface area contributed by atoms with E-state index in [9.17, 15) is 19.7 Å². The summed E-state index contributed by atoms with van der Waals surface area (Å²) in [5.74, 6) is -1.31. The van der Waals surface area contributed by atoms with Gasteiger partial charge in [0.2, 0.25) is 11.8 Å². The first-order chi connectivity index (χ1) is 19.4. The highest BCUT2D eigenvalue weighted by Crippen LogP contribution is 2.51. The average Bonchev–Trinajstić information content (AvgIpc) is 3.21. The first-order valence-electron chi connectivity index (χ1n) is 13.9. The molecule has 0 saturated carbocycles. The number of benzene rings is 3. The van der Waals surface area contributed by atoms with Gasteiger partial charge in [0.15, 0.2) is 0 Å². The summed E-state index contributed by atoms with van der Waals surface area (Å²) in [6, 6.07) is 26.4. The molecule has 202 valence electrons. The zero-order valence-electron chi connectivity index (χ0n) is 22.4. The molecule has 2 heterocycles. The number of allylic oxidation sites excluding steroid dienone is 2. The summed E-state index contributed by atoms with van der Waals surface area (Å²) in [5.41, 5.74) is 5.54. The first kappa shape index (κ1) is 26.3. The minimum atomic E-state index is -1.01. The molecule has 0 bridgehead atoms. The van der Waals surface area contributed by atoms with Crippen LogP contribution in [0.4, 0.5) is 5.69 Å². The van der Waals surface area contributed by atoms with Crippen molar-refractivity contribution >= 4 is 36.3 Å². The molecular formula is C33H32BNO5. The van der Waals surface area contributed by atoms with Gasteiger partial charge in [0.05, 0.1) is 23.6 Å². The highest BCUT2D eigenvalue weighted by atomic mass is 16.5. The maximum Gasteiger partial charge on any atom is 0.455 e. The number of hydrogen-bond donors (Lipinski definition) is 2. The van der Waals surface area contributed by atoms with E-state index >= 15 is 0 Å². The van der Waals surface area contributed by atoms with Crippen LogP contribution in [0.25, 0.3) is 11.6 Å². The van der Waals surface area contributed by atoms with E-state index in [4.69, 9.17) is 4.65 Å². The number of aromatic hydroxyl groups is 1. The molecule has 0 spiro atoms. The van der Waals surface area contributed by atoms with Crippen molar-refractivity contribution in [1.82, 2.24) is 0 Å². The maximum atomic E-state index is 13.7. The molecule has 3 aromatic carbocycles. The molecular weight excluding hydrogens is 501 g/mol. The Morgan fingerprint density at radius 3 is 2.35 bits per heavy atom. The zero-order valence-corrected chi connectivity index (χ0v) is 22.4. The number of imide groups is 1. The number of nitrogens with zero attached hydrogens (tertiary/aromatic N) is 1. The van der Waals surface area contributed by atoms with Crippen LogP contribution in [0.15, 0.2) is 96.1 Å². The Morgan fingerprint density at radius 1 is 0.950 bits per heavy atom. The average molecular weight is 533 g/mol. The summed E-state index contributed by atoms with van der Waals surface area (Å²) in [6.45, 7) is 2.03.